The molecule has 2 aliphatic heterocycles. The average Bonchev–Trinajstić information content (AvgIpc) is 3.70. The Morgan fingerprint density at radius 3 is 2.33 bits per heavy atom. The van der Waals surface area contributed by atoms with Crippen LogP contribution >= 0.6 is 22.7 Å². The number of sulfonamides is 1. The Morgan fingerprint density at radius 1 is 0.950 bits per heavy atom. The summed E-state index contributed by atoms with van der Waals surface area (Å²) < 4.78 is 44.1. The van der Waals surface area contributed by atoms with Crippen LogP contribution < -0.4 is 10.2 Å². The minimum atomic E-state index is -3.79. The summed E-state index contributed by atoms with van der Waals surface area (Å²) in [4.78, 5) is 29.7. The number of thiophene rings is 2. The molecule has 0 aliphatic carbocycles. The zero-order valence-corrected chi connectivity index (χ0v) is 24.1. The van der Waals surface area contributed by atoms with Gasteiger partial charge < -0.3 is 24.4 Å². The van der Waals surface area contributed by atoms with E-state index in [0.29, 0.717) is 56.5 Å². The topological polar surface area (TPSA) is 114 Å². The first-order chi connectivity index (χ1) is 19.4. The maximum absolute atomic E-state index is 13.3. The van der Waals surface area contributed by atoms with Crippen LogP contribution in [0.2, 0.25) is 0 Å². The van der Waals surface area contributed by atoms with Crippen molar-refractivity contribution in [2.75, 3.05) is 69.4 Å². The first-order valence-corrected chi connectivity index (χ1v) is 15.9. The third-order valence-electron chi connectivity index (χ3n) is 6.37. The molecule has 40 heavy (non-hydrogen) atoms. The van der Waals surface area contributed by atoms with Gasteiger partial charge >= 0.3 is 5.97 Å². The molecule has 3 aromatic rings. The molecular formula is C27H29N3O7S3. The molecule has 0 radical (unpaired) electrons. The summed E-state index contributed by atoms with van der Waals surface area (Å²) in [5.74, 6) is -1.20. The van der Waals surface area contributed by atoms with Crippen molar-refractivity contribution in [3.8, 4) is 0 Å². The predicted octanol–water partition coefficient (Wildman–Crippen LogP) is 3.39. The molecule has 0 saturated carbocycles. The lowest BCUT2D eigenvalue weighted by Gasteiger charge is -2.31. The van der Waals surface area contributed by atoms with Gasteiger partial charge in [-0.3, -0.25) is 4.79 Å². The number of benzene rings is 1. The van der Waals surface area contributed by atoms with Crippen molar-refractivity contribution in [2.24, 2.45) is 0 Å². The van der Waals surface area contributed by atoms with Crippen LogP contribution in [0.25, 0.3) is 11.6 Å². The van der Waals surface area contributed by atoms with Gasteiger partial charge in [-0.25, -0.2) is 13.2 Å². The van der Waals surface area contributed by atoms with Crippen molar-refractivity contribution >= 4 is 67.6 Å². The Balaban J connectivity index is 1.34. The summed E-state index contributed by atoms with van der Waals surface area (Å²) in [6.45, 7) is 2.85. The van der Waals surface area contributed by atoms with Crippen molar-refractivity contribution < 1.29 is 32.2 Å². The number of carbonyl (C=O) groups excluding carboxylic acids is 2. The van der Waals surface area contributed by atoms with Crippen LogP contribution in [0.4, 0.5) is 11.4 Å². The van der Waals surface area contributed by atoms with E-state index in [1.54, 1.807) is 18.2 Å². The van der Waals surface area contributed by atoms with E-state index in [1.165, 1.54) is 33.0 Å². The number of nitrogens with zero attached hydrogens (tertiary/aromatic N) is 2. The van der Waals surface area contributed by atoms with Crippen LogP contribution in [0.5, 0.6) is 0 Å². The molecule has 0 atom stereocenters. The Hall–Kier alpha value is -3.07. The lowest BCUT2D eigenvalue weighted by molar-refractivity contribution is -0.141. The highest BCUT2D eigenvalue weighted by Crippen LogP contribution is 2.31. The fourth-order valence-electron chi connectivity index (χ4n) is 4.37. The van der Waals surface area contributed by atoms with Crippen LogP contribution in [0, 0.1) is 0 Å². The SMILES string of the molecule is O=C(COC(=O)/C(=C/c1cccs1)c1cccs1)Nc1cc(S(=O)(=O)N2CCOCC2)ccc1N1CCOCC1. The summed E-state index contributed by atoms with van der Waals surface area (Å²) in [7, 11) is -3.79. The molecule has 1 amide bonds. The summed E-state index contributed by atoms with van der Waals surface area (Å²) in [5.41, 5.74) is 1.35. The normalized spacial score (nSPS) is 17.0. The second kappa shape index (κ2) is 13.1. The van der Waals surface area contributed by atoms with Crippen molar-refractivity contribution in [3.05, 3.63) is 63.0 Å². The Kier molecular flexibility index (Phi) is 9.29. The molecule has 10 nitrogen and oxygen atoms in total. The Labute approximate surface area is 240 Å². The zero-order valence-electron chi connectivity index (χ0n) is 21.6. The smallest absolute Gasteiger partial charge is 0.340 e. The summed E-state index contributed by atoms with van der Waals surface area (Å²) in [6, 6.07) is 12.1. The largest absolute Gasteiger partial charge is 0.452 e. The van der Waals surface area contributed by atoms with Crippen LogP contribution in [-0.4, -0.2) is 83.8 Å². The number of amides is 1. The zero-order chi connectivity index (χ0) is 28.0. The van der Waals surface area contributed by atoms with Crippen molar-refractivity contribution in [1.82, 2.24) is 4.31 Å². The third-order valence-corrected chi connectivity index (χ3v) is 9.99. The molecule has 4 heterocycles. The number of hydrogen-bond donors (Lipinski definition) is 1. The molecule has 0 spiro atoms. The maximum atomic E-state index is 13.3. The summed E-state index contributed by atoms with van der Waals surface area (Å²) >= 11 is 2.89. The highest BCUT2D eigenvalue weighted by molar-refractivity contribution is 7.89. The van der Waals surface area contributed by atoms with E-state index in [4.69, 9.17) is 14.2 Å². The van der Waals surface area contributed by atoms with Gasteiger partial charge in [0, 0.05) is 35.9 Å². The minimum absolute atomic E-state index is 0.0672. The van der Waals surface area contributed by atoms with Gasteiger partial charge in [0.25, 0.3) is 5.91 Å². The second-order valence-corrected chi connectivity index (χ2v) is 12.8. The number of ether oxygens (including phenoxy) is 3. The monoisotopic (exact) mass is 603 g/mol. The molecular weight excluding hydrogens is 575 g/mol. The Bertz CT molecular complexity index is 1440. The molecule has 1 aromatic carbocycles. The number of rotatable bonds is 9. The molecule has 1 N–H and O–H groups in total. The molecule has 2 aromatic heterocycles. The van der Waals surface area contributed by atoms with Crippen LogP contribution in [0.15, 0.2) is 58.1 Å². The maximum Gasteiger partial charge on any atom is 0.340 e. The number of carbonyl (C=O) groups is 2. The van der Waals surface area contributed by atoms with E-state index in [2.05, 4.69) is 5.32 Å². The van der Waals surface area contributed by atoms with E-state index in [1.807, 2.05) is 39.9 Å². The number of nitrogens with one attached hydrogen (secondary N) is 1. The molecule has 0 bridgehead atoms. The van der Waals surface area contributed by atoms with E-state index >= 15 is 0 Å². The highest BCUT2D eigenvalue weighted by atomic mass is 32.2. The molecule has 0 unspecified atom stereocenters. The van der Waals surface area contributed by atoms with Gasteiger partial charge in [-0.15, -0.1) is 22.7 Å². The van der Waals surface area contributed by atoms with Crippen molar-refractivity contribution in [1.29, 1.82) is 0 Å². The fourth-order valence-corrected chi connectivity index (χ4v) is 7.19. The van der Waals surface area contributed by atoms with Crippen molar-refractivity contribution in [3.63, 3.8) is 0 Å². The van der Waals surface area contributed by atoms with Gasteiger partial charge in [-0.1, -0.05) is 12.1 Å². The number of esters is 1. The summed E-state index contributed by atoms with van der Waals surface area (Å²) in [5, 5.41) is 6.55. The van der Waals surface area contributed by atoms with Gasteiger partial charge in [-0.05, 0) is 47.2 Å². The quantitative estimate of drug-likeness (QED) is 0.293. The van der Waals surface area contributed by atoms with E-state index in [0.717, 1.165) is 9.75 Å². The third kappa shape index (κ3) is 6.79. The second-order valence-electron chi connectivity index (χ2n) is 8.97. The van der Waals surface area contributed by atoms with E-state index < -0.39 is 28.5 Å². The van der Waals surface area contributed by atoms with Gasteiger partial charge in [0.15, 0.2) is 6.61 Å². The number of anilines is 2. The lowest BCUT2D eigenvalue weighted by Crippen LogP contribution is -2.40. The van der Waals surface area contributed by atoms with E-state index in [-0.39, 0.29) is 18.0 Å². The van der Waals surface area contributed by atoms with Gasteiger partial charge in [0.2, 0.25) is 10.0 Å². The van der Waals surface area contributed by atoms with Gasteiger partial charge in [0.05, 0.1) is 48.3 Å². The van der Waals surface area contributed by atoms with Gasteiger partial charge in [0.1, 0.15) is 0 Å². The first-order valence-electron chi connectivity index (χ1n) is 12.7. The minimum Gasteiger partial charge on any atom is -0.452 e. The number of hydrogen-bond acceptors (Lipinski definition) is 10. The van der Waals surface area contributed by atoms with Gasteiger partial charge in [-0.2, -0.15) is 4.31 Å². The number of morpholine rings is 2. The first kappa shape index (κ1) is 28.5. The lowest BCUT2D eigenvalue weighted by atomic mass is 10.2. The predicted molar refractivity (Wildman–Crippen MR) is 155 cm³/mol. The van der Waals surface area contributed by atoms with E-state index in [9.17, 15) is 18.0 Å². The highest BCUT2D eigenvalue weighted by Gasteiger charge is 2.28. The summed E-state index contributed by atoms with van der Waals surface area (Å²) in [6.07, 6.45) is 1.74. The van der Waals surface area contributed by atoms with Crippen molar-refractivity contribution in [2.45, 2.75) is 4.90 Å². The molecule has 2 fully saturated rings. The molecule has 13 heteroatoms. The van der Waals surface area contributed by atoms with Crippen LogP contribution in [-0.2, 0) is 33.8 Å². The fraction of sp³-hybridized carbons (Fsp3) is 0.333. The van der Waals surface area contributed by atoms with Crippen LogP contribution in [0.1, 0.15) is 9.75 Å². The average molecular weight is 604 g/mol. The molecule has 2 aliphatic rings. The Morgan fingerprint density at radius 2 is 1.65 bits per heavy atom. The molecule has 2 saturated heterocycles. The standard InChI is InChI=1S/C27H29N3O7S3/c31-26(19-37-27(32)22(25-4-2-16-39-25)17-20-3-1-15-38-20)28-23-18-21(40(33,34)30-9-13-36-14-10-30)5-6-24(23)29-7-11-35-12-8-29/h1-6,15-18H,7-14,19H2,(H,28,31)/b22-17+. The van der Waals surface area contributed by atoms with Crippen LogP contribution in [0.3, 0.4) is 0 Å². The molecule has 212 valence electrons. The molecule has 5 rings (SSSR count).